The first-order valence-electron chi connectivity index (χ1n) is 17.6. The highest BCUT2D eigenvalue weighted by molar-refractivity contribution is 8.76. The van der Waals surface area contributed by atoms with Crippen molar-refractivity contribution in [1.29, 1.82) is 0 Å². The van der Waals surface area contributed by atoms with E-state index in [1.54, 1.807) is 0 Å². The first kappa shape index (κ1) is 49.1. The zero-order valence-corrected chi connectivity index (χ0v) is 34.4. The van der Waals surface area contributed by atoms with Crippen LogP contribution in [0.5, 0.6) is 0 Å². The molecule has 0 aliphatic carbocycles. The fraction of sp³-hybridized carbons (Fsp3) is 0.406. The summed E-state index contributed by atoms with van der Waals surface area (Å²) in [5.74, 6) is -7.81. The summed E-state index contributed by atoms with van der Waals surface area (Å²) in [6.45, 7) is -0.470. The fourth-order valence-corrected chi connectivity index (χ4v) is 7.09. The maximum absolute atomic E-state index is 13.2. The third kappa shape index (κ3) is 17.8. The summed E-state index contributed by atoms with van der Waals surface area (Å²) in [6, 6.07) is 0.916. The van der Waals surface area contributed by atoms with E-state index >= 15 is 0 Å². The summed E-state index contributed by atoms with van der Waals surface area (Å²) in [5, 5.41) is 31.4. The number of nitrogens with zero attached hydrogens (tertiary/aromatic N) is 3. The molecule has 3 rings (SSSR count). The summed E-state index contributed by atoms with van der Waals surface area (Å²) < 4.78 is 35.8. The van der Waals surface area contributed by atoms with Crippen LogP contribution in [0.1, 0.15) is 35.3 Å². The van der Waals surface area contributed by atoms with Crippen LogP contribution < -0.4 is 48.7 Å². The molecule has 2 heterocycles. The van der Waals surface area contributed by atoms with Crippen molar-refractivity contribution < 1.29 is 61.5 Å². The van der Waals surface area contributed by atoms with Crippen molar-refractivity contribution >= 4 is 96.2 Å². The van der Waals surface area contributed by atoms with Crippen molar-refractivity contribution in [3.8, 4) is 0 Å². The zero-order valence-electron chi connectivity index (χ0n) is 32.0. The Morgan fingerprint density at radius 3 is 2.30 bits per heavy atom. The number of carboxylic acid groups (broad SMARTS) is 2. The van der Waals surface area contributed by atoms with Crippen LogP contribution in [0.2, 0.25) is 0 Å². The first-order chi connectivity index (χ1) is 28.8. The second kappa shape index (κ2) is 24.1. The molecule has 0 fully saturated rings. The first-order valence-corrected chi connectivity index (χ1v) is 21.7. The monoisotopic (exact) mass is 914 g/mol. The van der Waals surface area contributed by atoms with Crippen molar-refractivity contribution in [2.24, 2.45) is 0 Å². The van der Waals surface area contributed by atoms with Gasteiger partial charge < -0.3 is 47.3 Å². The van der Waals surface area contributed by atoms with Crippen molar-refractivity contribution in [3.63, 3.8) is 0 Å². The maximum atomic E-state index is 13.2. The van der Waals surface area contributed by atoms with Gasteiger partial charge in [-0.15, -0.1) is 0 Å². The van der Waals surface area contributed by atoms with Gasteiger partial charge in [-0.1, -0.05) is 21.6 Å². The molecule has 0 saturated heterocycles. The van der Waals surface area contributed by atoms with Crippen LogP contribution in [0.15, 0.2) is 35.3 Å². The molecular weight excluding hydrogens is 873 g/mol. The number of benzene rings is 1. The quantitative estimate of drug-likeness (QED) is 0.0182. The maximum Gasteiger partial charge on any atom is 0.421 e. The van der Waals surface area contributed by atoms with E-state index in [2.05, 4.69) is 57.4 Å². The third-order valence-corrected chi connectivity index (χ3v) is 10.8. The average molecular weight is 915 g/mol. The molecule has 0 aliphatic rings. The molecule has 0 radical (unpaired) electrons. The van der Waals surface area contributed by atoms with Crippen molar-refractivity contribution in [1.82, 2.24) is 52.1 Å². The summed E-state index contributed by atoms with van der Waals surface area (Å²) in [4.78, 5) is 114. The number of carbonyl (C=O) groups is 7. The van der Waals surface area contributed by atoms with Crippen LogP contribution >= 0.6 is 21.6 Å². The highest BCUT2D eigenvalue weighted by Gasteiger charge is 2.30. The number of carbonyl (C=O) groups excluding carboxylic acids is 5. The molecule has 332 valence electrons. The number of hydrogen-bond donors (Lipinski definition) is 12. The molecule has 5 amide bonds. The Kier molecular flexibility index (Phi) is 19.4. The van der Waals surface area contributed by atoms with E-state index < -0.39 is 107 Å². The number of fused-ring (bicyclic) bond motifs is 1. The van der Waals surface area contributed by atoms with Crippen molar-refractivity contribution in [2.45, 2.75) is 43.9 Å². The molecule has 0 bridgehead atoms. The number of hydrogen-bond acceptors (Lipinski definition) is 19. The van der Waals surface area contributed by atoms with E-state index in [4.69, 9.17) is 15.0 Å². The van der Waals surface area contributed by atoms with Crippen LogP contribution in [-0.2, 0) is 45.4 Å². The largest absolute Gasteiger partial charge is 0.480 e. The standard InChI is InChI=1S/C32H42N12O14S3/c1-34-44-32(54)58-9-10-59-60-15-21(30(52)53)41-27(48)20(12-23(46)35-8-11-61(55,56)57)39-22(45)7-6-19(29(50)51)40-26(47)16-2-4-17(5-3-16)36-13-18-14-37-25-24(38-18)28(49)43-31(33)42-25/h2-5,14,19-21,34,36H,6-13,15H2,1H3,(H,35,46)(H,39,45)(H,40,47)(H,41,48)(H,44,54)(H,50,51)(H,52,53)(H,55,56,57)(H3,33,37,42,43,49)/t19-,20-,21-/m0/s1. The number of H-pyrrole nitrogens is 1. The average Bonchev–Trinajstić information content (AvgIpc) is 3.18. The number of amides is 5. The SMILES string of the molecule is CNNC(=O)OCCSSC[C@H](NC(=O)[C@H](CC(=O)NCCS(=O)(=O)O)NC(=O)CC[C@H](NC(=O)c1ccc(NCc2cnc3nc(N)[nH]c(=O)c3n2)cc1)C(=O)O)C(=O)O. The number of rotatable bonds is 25. The number of hydrazine groups is 1. The van der Waals surface area contributed by atoms with Gasteiger partial charge >= 0.3 is 18.0 Å². The normalized spacial score (nSPS) is 12.6. The van der Waals surface area contributed by atoms with Crippen LogP contribution in [0.3, 0.4) is 0 Å². The number of nitrogen functional groups attached to an aromatic ring is 1. The molecule has 0 saturated carbocycles. The number of aromatic nitrogens is 4. The lowest BCUT2D eigenvalue weighted by molar-refractivity contribution is -0.141. The van der Waals surface area contributed by atoms with Crippen LogP contribution in [0.25, 0.3) is 11.2 Å². The highest BCUT2D eigenvalue weighted by Crippen LogP contribution is 2.22. The summed E-state index contributed by atoms with van der Waals surface area (Å²) in [7, 11) is -0.888. The van der Waals surface area contributed by atoms with Crippen molar-refractivity contribution in [3.05, 3.63) is 52.1 Å². The lowest BCUT2D eigenvalue weighted by atomic mass is 10.1. The van der Waals surface area contributed by atoms with E-state index in [1.165, 1.54) is 37.5 Å². The second-order valence-corrected chi connectivity index (χ2v) is 16.5. The molecule has 26 nitrogen and oxygen atoms in total. The van der Waals surface area contributed by atoms with Gasteiger partial charge in [0.05, 0.1) is 30.6 Å². The topological polar surface area (TPSA) is 405 Å². The Labute approximate surface area is 353 Å². The van der Waals surface area contributed by atoms with E-state index in [-0.39, 0.29) is 47.3 Å². The number of nitrogens with two attached hydrogens (primary N) is 1. The zero-order chi connectivity index (χ0) is 45.1. The third-order valence-electron chi connectivity index (χ3n) is 7.65. The minimum absolute atomic E-state index is 0.0150. The van der Waals surface area contributed by atoms with Crippen LogP contribution in [-0.4, -0.2) is 140 Å². The Morgan fingerprint density at radius 2 is 1.64 bits per heavy atom. The lowest BCUT2D eigenvalue weighted by Gasteiger charge is -2.21. The minimum atomic E-state index is -4.46. The van der Waals surface area contributed by atoms with E-state index in [0.717, 1.165) is 21.6 Å². The lowest BCUT2D eigenvalue weighted by Crippen LogP contribution is -2.54. The molecule has 3 atom stereocenters. The summed E-state index contributed by atoms with van der Waals surface area (Å²) in [6.07, 6.45) is -1.27. The smallest absolute Gasteiger partial charge is 0.421 e. The molecule has 0 unspecified atom stereocenters. The Morgan fingerprint density at radius 1 is 0.934 bits per heavy atom. The van der Waals surface area contributed by atoms with E-state index in [1.807, 2.05) is 0 Å². The van der Waals surface area contributed by atoms with Crippen LogP contribution in [0.4, 0.5) is 16.4 Å². The van der Waals surface area contributed by atoms with Gasteiger partial charge in [0.1, 0.15) is 24.7 Å². The molecular formula is C32H42N12O14S3. The summed E-state index contributed by atoms with van der Waals surface area (Å²) in [5.41, 5.74) is 10.5. The number of nitrogens with one attached hydrogen (secondary N) is 8. The van der Waals surface area contributed by atoms with Gasteiger partial charge in [-0.2, -0.15) is 13.4 Å². The fourth-order valence-electron chi connectivity index (χ4n) is 4.74. The van der Waals surface area contributed by atoms with Gasteiger partial charge in [0.25, 0.3) is 21.6 Å². The van der Waals surface area contributed by atoms with Crippen molar-refractivity contribution in [2.75, 3.05) is 48.5 Å². The minimum Gasteiger partial charge on any atom is -0.480 e. The predicted molar refractivity (Wildman–Crippen MR) is 218 cm³/mol. The van der Waals surface area contributed by atoms with Gasteiger partial charge in [0.15, 0.2) is 11.2 Å². The summed E-state index contributed by atoms with van der Waals surface area (Å²) >= 11 is 0. The van der Waals surface area contributed by atoms with E-state index in [0.29, 0.717) is 11.4 Å². The molecule has 0 spiro atoms. The molecule has 13 N–H and O–H groups in total. The van der Waals surface area contributed by atoms with Gasteiger partial charge in [0.2, 0.25) is 23.7 Å². The highest BCUT2D eigenvalue weighted by atomic mass is 33.1. The van der Waals surface area contributed by atoms with Crippen LogP contribution in [0, 0.1) is 0 Å². The molecule has 29 heteroatoms. The number of aromatic amines is 1. The molecule has 61 heavy (non-hydrogen) atoms. The van der Waals surface area contributed by atoms with Gasteiger partial charge in [-0.3, -0.25) is 38.9 Å². The Balaban J connectivity index is 1.58. The van der Waals surface area contributed by atoms with Gasteiger partial charge in [0, 0.05) is 42.8 Å². The number of anilines is 2. The number of ether oxygens (including phenoxy) is 1. The molecule has 1 aromatic carbocycles. The Bertz CT molecular complexity index is 2230. The van der Waals surface area contributed by atoms with E-state index in [9.17, 15) is 57.0 Å². The predicted octanol–water partition coefficient (Wildman–Crippen LogP) is -2.44. The molecule has 3 aromatic rings. The van der Waals surface area contributed by atoms with Gasteiger partial charge in [-0.25, -0.2) is 29.8 Å². The number of carboxylic acids is 2. The second-order valence-electron chi connectivity index (χ2n) is 12.3. The molecule has 0 aliphatic heterocycles. The Hall–Kier alpha value is -6.30. The number of aliphatic carboxylic acids is 2. The van der Waals surface area contributed by atoms with Gasteiger partial charge in [-0.05, 0) is 30.7 Å². The molecule has 2 aromatic heterocycles.